The second-order valence-corrected chi connectivity index (χ2v) is 7.91. The predicted octanol–water partition coefficient (Wildman–Crippen LogP) is -0.178. The van der Waals surface area contributed by atoms with Crippen molar-refractivity contribution >= 4 is 43.9 Å². The van der Waals surface area contributed by atoms with Gasteiger partial charge in [-0.3, -0.25) is 10.1 Å². The summed E-state index contributed by atoms with van der Waals surface area (Å²) in [6.45, 7) is 0.248. The van der Waals surface area contributed by atoms with E-state index in [0.29, 0.717) is 0 Å². The average Bonchev–Trinajstić information content (AvgIpc) is 2.60. The highest BCUT2D eigenvalue weighted by Gasteiger charge is 2.29. The van der Waals surface area contributed by atoms with Crippen LogP contribution in [0.1, 0.15) is 10.4 Å². The molecule has 26 heavy (non-hydrogen) atoms. The van der Waals surface area contributed by atoms with E-state index in [2.05, 4.69) is 15.9 Å². The highest BCUT2D eigenvalue weighted by molar-refractivity contribution is 9.10. The topological polar surface area (TPSA) is 145 Å². The number of imide groups is 1. The molecule has 0 bridgehead atoms. The fourth-order valence-electron chi connectivity index (χ4n) is 2.14. The van der Waals surface area contributed by atoms with Gasteiger partial charge in [0.25, 0.3) is 5.91 Å². The van der Waals surface area contributed by atoms with Crippen molar-refractivity contribution < 1.29 is 32.3 Å². The van der Waals surface area contributed by atoms with E-state index in [4.69, 9.17) is 15.2 Å². The molecule has 3 amide bonds. The number of nitrogens with one attached hydrogen (secondary N) is 1. The zero-order chi connectivity index (χ0) is 19.3. The first kappa shape index (κ1) is 20.3. The number of sulfonamides is 1. The van der Waals surface area contributed by atoms with Crippen LogP contribution in [0.5, 0.6) is 0 Å². The number of rotatable bonds is 5. The summed E-state index contributed by atoms with van der Waals surface area (Å²) in [4.78, 5) is 33.7. The van der Waals surface area contributed by atoms with E-state index in [1.54, 1.807) is 5.32 Å². The van der Waals surface area contributed by atoms with E-state index in [9.17, 15) is 22.8 Å². The van der Waals surface area contributed by atoms with Gasteiger partial charge in [0.05, 0.1) is 23.7 Å². The zero-order valence-electron chi connectivity index (χ0n) is 13.4. The number of carbonyl (C=O) groups is 3. The smallest absolute Gasteiger partial charge is 0.338 e. The van der Waals surface area contributed by atoms with Crippen molar-refractivity contribution in [3.63, 3.8) is 0 Å². The molecule has 1 aliphatic heterocycles. The summed E-state index contributed by atoms with van der Waals surface area (Å²) in [6.07, 6.45) is 0. The lowest BCUT2D eigenvalue weighted by Gasteiger charge is -2.26. The summed E-state index contributed by atoms with van der Waals surface area (Å²) < 4.78 is 36.9. The molecule has 1 aromatic carbocycles. The molecule has 1 heterocycles. The Morgan fingerprint density at radius 3 is 2.54 bits per heavy atom. The van der Waals surface area contributed by atoms with Crippen LogP contribution in [0.15, 0.2) is 27.6 Å². The number of ether oxygens (including phenoxy) is 2. The summed E-state index contributed by atoms with van der Waals surface area (Å²) in [5.74, 6) is -1.82. The molecule has 1 fully saturated rings. The maximum absolute atomic E-state index is 12.7. The lowest BCUT2D eigenvalue weighted by molar-refractivity contribution is -0.123. The number of morpholine rings is 1. The molecule has 0 radical (unpaired) electrons. The highest BCUT2D eigenvalue weighted by atomic mass is 79.9. The molecular weight excluding hydrogens is 434 g/mol. The van der Waals surface area contributed by atoms with Crippen LogP contribution in [0.25, 0.3) is 0 Å². The molecule has 0 aliphatic carbocycles. The van der Waals surface area contributed by atoms with Crippen molar-refractivity contribution in [1.29, 1.82) is 0 Å². The molecular formula is C14H16BrN3O7S. The van der Waals surface area contributed by atoms with Gasteiger partial charge in [-0.15, -0.1) is 0 Å². The standard InChI is InChI=1S/C14H16BrN3O7S/c15-10-2-1-9(13(20)25-8-12(19)17-14(16)21)7-11(10)26(22,23)18-3-5-24-6-4-18/h1-2,7H,3-6,8H2,(H3,16,17,19,21). The van der Waals surface area contributed by atoms with Gasteiger partial charge in [0.15, 0.2) is 6.61 Å². The molecule has 142 valence electrons. The predicted molar refractivity (Wildman–Crippen MR) is 91.7 cm³/mol. The van der Waals surface area contributed by atoms with Crippen molar-refractivity contribution in [2.24, 2.45) is 5.73 Å². The maximum Gasteiger partial charge on any atom is 0.338 e. The Bertz CT molecular complexity index is 822. The van der Waals surface area contributed by atoms with E-state index in [1.165, 1.54) is 16.4 Å². The maximum atomic E-state index is 12.7. The summed E-state index contributed by atoms with van der Waals surface area (Å²) in [5, 5.41) is 1.74. The minimum atomic E-state index is -3.84. The summed E-state index contributed by atoms with van der Waals surface area (Å²) in [5.41, 5.74) is 4.71. The van der Waals surface area contributed by atoms with E-state index in [-0.39, 0.29) is 41.2 Å². The number of amides is 3. The lowest BCUT2D eigenvalue weighted by Crippen LogP contribution is -2.40. The lowest BCUT2D eigenvalue weighted by atomic mass is 10.2. The summed E-state index contributed by atoms with van der Waals surface area (Å²) >= 11 is 3.17. The van der Waals surface area contributed by atoms with Gasteiger partial charge in [-0.05, 0) is 34.1 Å². The Hall–Kier alpha value is -2.02. The monoisotopic (exact) mass is 449 g/mol. The molecule has 0 aromatic heterocycles. The third-order valence-corrected chi connectivity index (χ3v) is 6.24. The van der Waals surface area contributed by atoms with Crippen LogP contribution in [-0.2, 0) is 24.3 Å². The highest BCUT2D eigenvalue weighted by Crippen LogP contribution is 2.27. The first-order valence-corrected chi connectivity index (χ1v) is 9.59. The van der Waals surface area contributed by atoms with Gasteiger partial charge in [0.1, 0.15) is 0 Å². The number of primary amides is 1. The number of hydrogen-bond donors (Lipinski definition) is 2. The number of esters is 1. The number of benzene rings is 1. The number of urea groups is 1. The van der Waals surface area contributed by atoms with E-state index < -0.39 is 34.5 Å². The normalized spacial score (nSPS) is 15.3. The third-order valence-electron chi connectivity index (χ3n) is 3.35. The Morgan fingerprint density at radius 1 is 1.27 bits per heavy atom. The molecule has 0 unspecified atom stereocenters. The van der Waals surface area contributed by atoms with Crippen molar-refractivity contribution in [1.82, 2.24) is 9.62 Å². The quantitative estimate of drug-likeness (QED) is 0.592. The first-order chi connectivity index (χ1) is 12.2. The number of halogens is 1. The van der Waals surface area contributed by atoms with Crippen LogP contribution < -0.4 is 11.1 Å². The Kier molecular flexibility index (Phi) is 6.69. The molecule has 0 saturated carbocycles. The summed E-state index contributed by atoms with van der Waals surface area (Å²) in [7, 11) is -3.84. The Labute approximate surface area is 157 Å². The van der Waals surface area contributed by atoms with Gasteiger partial charge >= 0.3 is 12.0 Å². The molecule has 12 heteroatoms. The van der Waals surface area contributed by atoms with Crippen LogP contribution in [0.3, 0.4) is 0 Å². The van der Waals surface area contributed by atoms with Crippen molar-refractivity contribution in [2.45, 2.75) is 4.90 Å². The Balaban J connectivity index is 2.17. The molecule has 1 aromatic rings. The molecule has 1 saturated heterocycles. The molecule has 0 atom stereocenters. The molecule has 0 spiro atoms. The van der Waals surface area contributed by atoms with Crippen LogP contribution in [0, 0.1) is 0 Å². The Morgan fingerprint density at radius 2 is 1.92 bits per heavy atom. The SMILES string of the molecule is NC(=O)NC(=O)COC(=O)c1ccc(Br)c(S(=O)(=O)N2CCOCC2)c1. The second-order valence-electron chi connectivity index (χ2n) is 5.15. The third kappa shape index (κ3) is 5.00. The van der Waals surface area contributed by atoms with E-state index in [1.807, 2.05) is 0 Å². The summed E-state index contributed by atoms with van der Waals surface area (Å²) in [6, 6.07) is 2.82. The van der Waals surface area contributed by atoms with E-state index in [0.717, 1.165) is 6.07 Å². The molecule has 1 aliphatic rings. The van der Waals surface area contributed by atoms with Crippen LogP contribution in [0.4, 0.5) is 4.79 Å². The number of carbonyl (C=O) groups excluding carboxylic acids is 3. The number of nitrogens with zero attached hydrogens (tertiary/aromatic N) is 1. The van der Waals surface area contributed by atoms with Gasteiger partial charge in [-0.1, -0.05) is 0 Å². The van der Waals surface area contributed by atoms with Gasteiger partial charge in [-0.25, -0.2) is 18.0 Å². The minimum absolute atomic E-state index is 0.0630. The van der Waals surface area contributed by atoms with Gasteiger partial charge in [0.2, 0.25) is 10.0 Å². The van der Waals surface area contributed by atoms with Crippen LogP contribution in [0.2, 0.25) is 0 Å². The van der Waals surface area contributed by atoms with Crippen LogP contribution >= 0.6 is 15.9 Å². The van der Waals surface area contributed by atoms with E-state index >= 15 is 0 Å². The molecule has 3 N–H and O–H groups in total. The minimum Gasteiger partial charge on any atom is -0.452 e. The van der Waals surface area contributed by atoms with Crippen molar-refractivity contribution in [3.8, 4) is 0 Å². The fourth-order valence-corrected chi connectivity index (χ4v) is 4.50. The zero-order valence-corrected chi connectivity index (χ0v) is 15.8. The molecule has 10 nitrogen and oxygen atoms in total. The van der Waals surface area contributed by atoms with Gasteiger partial charge in [0, 0.05) is 17.6 Å². The van der Waals surface area contributed by atoms with Gasteiger partial charge < -0.3 is 15.2 Å². The van der Waals surface area contributed by atoms with Crippen LogP contribution in [-0.4, -0.2) is 63.5 Å². The molecule has 2 rings (SSSR count). The number of hydrogen-bond acceptors (Lipinski definition) is 7. The van der Waals surface area contributed by atoms with Gasteiger partial charge in [-0.2, -0.15) is 4.31 Å². The van der Waals surface area contributed by atoms with Crippen molar-refractivity contribution in [2.75, 3.05) is 32.9 Å². The first-order valence-electron chi connectivity index (χ1n) is 7.35. The largest absolute Gasteiger partial charge is 0.452 e. The fraction of sp³-hybridized carbons (Fsp3) is 0.357. The number of nitrogens with two attached hydrogens (primary N) is 1. The second kappa shape index (κ2) is 8.58. The van der Waals surface area contributed by atoms with Crippen molar-refractivity contribution in [3.05, 3.63) is 28.2 Å². The average molecular weight is 450 g/mol.